The summed E-state index contributed by atoms with van der Waals surface area (Å²) in [6, 6.07) is 10.6. The number of benzene rings is 2. The van der Waals surface area contributed by atoms with E-state index in [9.17, 15) is 13.2 Å². The molecule has 150 valence electrons. The Morgan fingerprint density at radius 3 is 2.55 bits per heavy atom. The van der Waals surface area contributed by atoms with Crippen LogP contribution in [0.25, 0.3) is 0 Å². The highest BCUT2D eigenvalue weighted by Gasteiger charge is 2.34. The lowest BCUT2D eigenvalue weighted by Gasteiger charge is -2.28. The van der Waals surface area contributed by atoms with E-state index in [1.165, 1.54) is 6.07 Å². The number of halogens is 5. The average molecular weight is 439 g/mol. The minimum atomic E-state index is -4.48. The van der Waals surface area contributed by atoms with Gasteiger partial charge >= 0.3 is 6.18 Å². The van der Waals surface area contributed by atoms with Crippen LogP contribution in [0.1, 0.15) is 23.1 Å². The maximum absolute atomic E-state index is 13.4. The van der Waals surface area contributed by atoms with Gasteiger partial charge in [-0.2, -0.15) is 18.3 Å². The molecular formula is C20H15Cl2F3N4. The number of hydrogen-bond donors (Lipinski definition) is 0. The lowest BCUT2D eigenvalue weighted by molar-refractivity contribution is -0.137. The topological polar surface area (TPSA) is 40.3 Å². The molecule has 0 saturated carbocycles. The minimum absolute atomic E-state index is 0.175. The fraction of sp³-hybridized carbons (Fsp3) is 0.250. The van der Waals surface area contributed by atoms with Crippen LogP contribution < -0.4 is 4.90 Å². The fourth-order valence-corrected chi connectivity index (χ4v) is 3.77. The summed E-state index contributed by atoms with van der Waals surface area (Å²) in [4.78, 5) is 6.42. The Bertz CT molecular complexity index is 1040. The van der Waals surface area contributed by atoms with Gasteiger partial charge in [0.25, 0.3) is 0 Å². The summed E-state index contributed by atoms with van der Waals surface area (Å²) < 4.78 is 40.3. The largest absolute Gasteiger partial charge is 0.416 e. The normalized spacial score (nSPS) is 16.3. The molecule has 0 aromatic heterocycles. The Balaban J connectivity index is 1.90. The fourth-order valence-electron chi connectivity index (χ4n) is 3.32. The number of hydrogen-bond acceptors (Lipinski definition) is 4. The summed E-state index contributed by atoms with van der Waals surface area (Å²) in [6.07, 6.45) is -3.93. The summed E-state index contributed by atoms with van der Waals surface area (Å²) >= 11 is 12.2. The Labute approximate surface area is 175 Å². The van der Waals surface area contributed by atoms with E-state index in [1.54, 1.807) is 24.3 Å². The van der Waals surface area contributed by atoms with Crippen molar-refractivity contribution in [2.24, 2.45) is 15.2 Å². The Kier molecular flexibility index (Phi) is 5.36. The number of alkyl halides is 4. The first-order chi connectivity index (χ1) is 13.9. The van der Waals surface area contributed by atoms with Crippen molar-refractivity contribution < 1.29 is 13.2 Å². The van der Waals surface area contributed by atoms with Crippen molar-refractivity contribution in [1.82, 2.24) is 0 Å². The molecule has 0 N–H and O–H groups in total. The molecule has 0 unspecified atom stereocenters. The van der Waals surface area contributed by atoms with Crippen molar-refractivity contribution in [2.75, 3.05) is 23.9 Å². The van der Waals surface area contributed by atoms with Crippen molar-refractivity contribution in [1.29, 1.82) is 0 Å². The zero-order valence-corrected chi connectivity index (χ0v) is 16.6. The summed E-state index contributed by atoms with van der Waals surface area (Å²) in [6.45, 7) is 0.573. The predicted octanol–water partition coefficient (Wildman–Crippen LogP) is 5.41. The van der Waals surface area contributed by atoms with Gasteiger partial charge in [-0.1, -0.05) is 29.8 Å². The second kappa shape index (κ2) is 7.80. The molecule has 4 nitrogen and oxygen atoms in total. The molecular weight excluding hydrogens is 424 g/mol. The van der Waals surface area contributed by atoms with Crippen molar-refractivity contribution in [3.05, 3.63) is 64.2 Å². The van der Waals surface area contributed by atoms with Crippen LogP contribution in [0.15, 0.2) is 57.7 Å². The van der Waals surface area contributed by atoms with Crippen molar-refractivity contribution in [3.63, 3.8) is 0 Å². The van der Waals surface area contributed by atoms with Crippen LogP contribution in [0, 0.1) is 0 Å². The quantitative estimate of drug-likeness (QED) is 0.590. The monoisotopic (exact) mass is 438 g/mol. The molecule has 0 aliphatic carbocycles. The molecule has 0 fully saturated rings. The summed E-state index contributed by atoms with van der Waals surface area (Å²) in [5, 5.41) is 8.85. The number of aliphatic imine (C=N–C) groups is 1. The van der Waals surface area contributed by atoms with E-state index < -0.39 is 11.7 Å². The van der Waals surface area contributed by atoms with Gasteiger partial charge in [0.15, 0.2) is 5.84 Å². The molecule has 0 radical (unpaired) electrons. The summed E-state index contributed by atoms with van der Waals surface area (Å²) in [5.41, 5.74) is 1.91. The molecule has 0 atom stereocenters. The molecule has 2 aromatic rings. The molecule has 29 heavy (non-hydrogen) atoms. The van der Waals surface area contributed by atoms with Crippen LogP contribution >= 0.6 is 23.2 Å². The Hall–Kier alpha value is -2.38. The number of nitrogens with zero attached hydrogens (tertiary/aromatic N) is 4. The van der Waals surface area contributed by atoms with Gasteiger partial charge in [-0.15, -0.1) is 16.7 Å². The first kappa shape index (κ1) is 19.9. The molecule has 0 bridgehead atoms. The SMILES string of the molecule is FC(F)(F)c1ccc2c(c1)C(c1ccccc1Cl)=NCC1=NN=C(CCCl)CN12. The van der Waals surface area contributed by atoms with Gasteiger partial charge in [0, 0.05) is 28.5 Å². The van der Waals surface area contributed by atoms with E-state index in [0.29, 0.717) is 52.2 Å². The van der Waals surface area contributed by atoms with Crippen molar-refractivity contribution in [3.8, 4) is 0 Å². The predicted molar refractivity (Wildman–Crippen MR) is 111 cm³/mol. The highest BCUT2D eigenvalue weighted by molar-refractivity contribution is 6.36. The third-order valence-electron chi connectivity index (χ3n) is 4.72. The first-order valence-electron chi connectivity index (χ1n) is 8.85. The zero-order chi connectivity index (χ0) is 20.6. The number of anilines is 1. The third-order valence-corrected chi connectivity index (χ3v) is 5.24. The number of rotatable bonds is 3. The van der Waals surface area contributed by atoms with E-state index in [2.05, 4.69) is 15.2 Å². The molecule has 4 rings (SSSR count). The van der Waals surface area contributed by atoms with E-state index in [-0.39, 0.29) is 6.54 Å². The molecule has 2 aliphatic heterocycles. The van der Waals surface area contributed by atoms with Gasteiger partial charge in [-0.25, -0.2) is 0 Å². The second-order valence-electron chi connectivity index (χ2n) is 6.58. The molecule has 0 spiro atoms. The van der Waals surface area contributed by atoms with Gasteiger partial charge in [0.1, 0.15) is 0 Å². The summed E-state index contributed by atoms with van der Waals surface area (Å²) in [7, 11) is 0. The molecule has 0 amide bonds. The molecule has 2 heterocycles. The lowest BCUT2D eigenvalue weighted by Crippen LogP contribution is -2.39. The molecule has 2 aromatic carbocycles. The smallest absolute Gasteiger partial charge is 0.320 e. The van der Waals surface area contributed by atoms with Gasteiger partial charge in [-0.05, 0) is 24.3 Å². The van der Waals surface area contributed by atoms with Gasteiger partial charge in [-0.3, -0.25) is 4.99 Å². The van der Waals surface area contributed by atoms with Crippen LogP contribution in [0.3, 0.4) is 0 Å². The number of amidine groups is 1. The van der Waals surface area contributed by atoms with E-state index in [0.717, 1.165) is 17.8 Å². The average Bonchev–Trinajstić information content (AvgIpc) is 2.84. The van der Waals surface area contributed by atoms with Crippen LogP contribution in [0.2, 0.25) is 5.02 Å². The van der Waals surface area contributed by atoms with E-state index in [4.69, 9.17) is 23.2 Å². The minimum Gasteiger partial charge on any atom is -0.320 e. The maximum Gasteiger partial charge on any atom is 0.416 e. The lowest BCUT2D eigenvalue weighted by atomic mass is 9.97. The van der Waals surface area contributed by atoms with Crippen LogP contribution in [-0.2, 0) is 6.18 Å². The highest BCUT2D eigenvalue weighted by atomic mass is 35.5. The molecule has 9 heteroatoms. The standard InChI is InChI=1S/C20H15Cl2F3N4/c21-8-7-13-11-29-17-6-5-12(20(23,24)25)9-15(17)19(26-10-18(29)28-27-13)14-3-1-2-4-16(14)22/h1-6,9H,7-8,10-11H2. The van der Waals surface area contributed by atoms with Crippen molar-refractivity contribution >= 4 is 46.1 Å². The van der Waals surface area contributed by atoms with Gasteiger partial charge in [0.05, 0.1) is 35.8 Å². The number of fused-ring (bicyclic) bond motifs is 3. The van der Waals surface area contributed by atoms with E-state index >= 15 is 0 Å². The molecule has 2 aliphatic rings. The third kappa shape index (κ3) is 3.89. The van der Waals surface area contributed by atoms with Crippen molar-refractivity contribution in [2.45, 2.75) is 12.6 Å². The summed E-state index contributed by atoms with van der Waals surface area (Å²) in [5.74, 6) is 0.949. The maximum atomic E-state index is 13.4. The van der Waals surface area contributed by atoms with Crippen LogP contribution in [0.5, 0.6) is 0 Å². The first-order valence-corrected chi connectivity index (χ1v) is 9.76. The van der Waals surface area contributed by atoms with Crippen LogP contribution in [0.4, 0.5) is 18.9 Å². The Morgan fingerprint density at radius 1 is 1.03 bits per heavy atom. The van der Waals surface area contributed by atoms with Crippen LogP contribution in [-0.4, -0.2) is 36.2 Å². The van der Waals surface area contributed by atoms with E-state index in [1.807, 2.05) is 4.90 Å². The second-order valence-corrected chi connectivity index (χ2v) is 7.37. The Morgan fingerprint density at radius 2 is 1.83 bits per heavy atom. The van der Waals surface area contributed by atoms with Gasteiger partial charge in [0.2, 0.25) is 0 Å². The van der Waals surface area contributed by atoms with Gasteiger partial charge < -0.3 is 4.90 Å². The highest BCUT2D eigenvalue weighted by Crippen LogP contribution is 2.36. The molecule has 0 saturated heterocycles. The zero-order valence-electron chi connectivity index (χ0n) is 15.0.